The highest BCUT2D eigenvalue weighted by Crippen LogP contribution is 2.12. The molecule has 0 fully saturated rings. The Balaban J connectivity index is 0.000000686. The van der Waals surface area contributed by atoms with Gasteiger partial charge in [0.05, 0.1) is 0 Å². The topological polar surface area (TPSA) is 102 Å². The summed E-state index contributed by atoms with van der Waals surface area (Å²) in [7, 11) is 0. The first-order valence-electron chi connectivity index (χ1n) is 4.95. The van der Waals surface area contributed by atoms with Crippen molar-refractivity contribution in [2.24, 2.45) is 11.7 Å². The van der Waals surface area contributed by atoms with Crippen molar-refractivity contribution in [3.8, 4) is 0 Å². The van der Waals surface area contributed by atoms with Gasteiger partial charge in [0.2, 0.25) is 5.76 Å². The molecule has 1 heterocycles. The van der Waals surface area contributed by atoms with E-state index >= 15 is 0 Å². The number of hydrogen-bond acceptors (Lipinski definition) is 4. The van der Waals surface area contributed by atoms with Crippen LogP contribution < -0.4 is 11.7 Å². The van der Waals surface area contributed by atoms with Crippen LogP contribution in [0.15, 0.2) is 46.9 Å². The Kier molecular flexibility index (Phi) is 4.93. The predicted molar refractivity (Wildman–Crippen MR) is 63.3 cm³/mol. The van der Waals surface area contributed by atoms with Crippen LogP contribution >= 0.6 is 0 Å². The number of benzene rings is 1. The number of nitrogens with two attached hydrogens (primary N) is 2. The molecule has 17 heavy (non-hydrogen) atoms. The summed E-state index contributed by atoms with van der Waals surface area (Å²) in [4.78, 5) is 10.6. The Morgan fingerprint density at radius 3 is 2.29 bits per heavy atom. The Labute approximate surface area is 98.6 Å². The van der Waals surface area contributed by atoms with Crippen molar-refractivity contribution in [3.05, 3.63) is 59.5 Å². The third-order valence-corrected chi connectivity index (χ3v) is 2.09. The molecule has 0 saturated carbocycles. The maximum absolute atomic E-state index is 10.6. The van der Waals surface area contributed by atoms with E-state index in [4.69, 9.17) is 9.52 Å². The molecule has 5 N–H and O–H groups in total. The molecule has 0 spiro atoms. The van der Waals surface area contributed by atoms with Crippen LogP contribution in [0, 0.1) is 0 Å². The van der Waals surface area contributed by atoms with Gasteiger partial charge in [0.1, 0.15) is 5.76 Å². The Hall–Kier alpha value is -2.11. The van der Waals surface area contributed by atoms with Crippen molar-refractivity contribution in [1.82, 2.24) is 0 Å². The zero-order chi connectivity index (χ0) is 12.7. The summed E-state index contributed by atoms with van der Waals surface area (Å²) in [5, 5.41) is 8.67. The number of hydrogen-bond donors (Lipinski definition) is 3. The second-order valence-corrected chi connectivity index (χ2v) is 3.23. The molecule has 2 aromatic rings. The highest BCUT2D eigenvalue weighted by atomic mass is 16.4. The summed E-state index contributed by atoms with van der Waals surface area (Å²) in [5.41, 5.74) is 1.10. The lowest BCUT2D eigenvalue weighted by atomic mass is 10.1. The largest absolute Gasteiger partial charge is 0.475 e. The standard InChI is InChI=1S/C12H10O3.H4N2/c13-12(14)11-7-6-10(15-11)8-9-4-2-1-3-5-9;1-2/h1-7H,8H2,(H,13,14);1-2H2. The van der Waals surface area contributed by atoms with E-state index in [2.05, 4.69) is 11.7 Å². The van der Waals surface area contributed by atoms with Gasteiger partial charge in [-0.25, -0.2) is 4.79 Å². The molecule has 0 unspecified atom stereocenters. The summed E-state index contributed by atoms with van der Waals surface area (Å²) in [6, 6.07) is 12.9. The molecule has 0 aliphatic carbocycles. The van der Waals surface area contributed by atoms with E-state index in [-0.39, 0.29) is 5.76 Å². The van der Waals surface area contributed by atoms with Gasteiger partial charge in [-0.05, 0) is 17.7 Å². The minimum absolute atomic E-state index is 0.0130. The zero-order valence-electron chi connectivity index (χ0n) is 9.17. The van der Waals surface area contributed by atoms with Gasteiger partial charge in [-0.15, -0.1) is 0 Å². The van der Waals surface area contributed by atoms with Crippen molar-refractivity contribution < 1.29 is 14.3 Å². The minimum Gasteiger partial charge on any atom is -0.475 e. The van der Waals surface area contributed by atoms with Crippen LogP contribution in [0.2, 0.25) is 0 Å². The van der Waals surface area contributed by atoms with E-state index < -0.39 is 5.97 Å². The smallest absolute Gasteiger partial charge is 0.371 e. The molecule has 90 valence electrons. The van der Waals surface area contributed by atoms with Crippen LogP contribution in [0.3, 0.4) is 0 Å². The maximum atomic E-state index is 10.6. The predicted octanol–water partition coefficient (Wildman–Crippen LogP) is 1.39. The molecule has 1 aromatic heterocycles. The van der Waals surface area contributed by atoms with Gasteiger partial charge < -0.3 is 9.52 Å². The average molecular weight is 234 g/mol. The fourth-order valence-electron chi connectivity index (χ4n) is 1.38. The van der Waals surface area contributed by atoms with Gasteiger partial charge >= 0.3 is 5.97 Å². The van der Waals surface area contributed by atoms with Crippen molar-refractivity contribution in [3.63, 3.8) is 0 Å². The van der Waals surface area contributed by atoms with Gasteiger partial charge in [0.15, 0.2) is 0 Å². The fourth-order valence-corrected chi connectivity index (χ4v) is 1.38. The second kappa shape index (κ2) is 6.47. The van der Waals surface area contributed by atoms with Crippen LogP contribution in [-0.2, 0) is 6.42 Å². The molecule has 0 aliphatic heterocycles. The summed E-state index contributed by atoms with van der Waals surface area (Å²) < 4.78 is 5.15. The van der Waals surface area contributed by atoms with Gasteiger partial charge in [-0.1, -0.05) is 30.3 Å². The van der Waals surface area contributed by atoms with Crippen LogP contribution in [-0.4, -0.2) is 11.1 Å². The third kappa shape index (κ3) is 3.75. The molecule has 0 atom stereocenters. The number of carboxylic acid groups (broad SMARTS) is 1. The summed E-state index contributed by atoms with van der Waals surface area (Å²) in [5.74, 6) is 7.62. The lowest BCUT2D eigenvalue weighted by molar-refractivity contribution is 0.0660. The first-order valence-corrected chi connectivity index (χ1v) is 4.95. The van der Waals surface area contributed by atoms with Gasteiger partial charge in [-0.2, -0.15) is 0 Å². The summed E-state index contributed by atoms with van der Waals surface area (Å²) >= 11 is 0. The van der Waals surface area contributed by atoms with Crippen LogP contribution in [0.25, 0.3) is 0 Å². The Morgan fingerprint density at radius 2 is 1.76 bits per heavy atom. The molecule has 2 rings (SSSR count). The summed E-state index contributed by atoms with van der Waals surface area (Å²) in [6.45, 7) is 0. The van der Waals surface area contributed by atoms with E-state index in [1.807, 2.05) is 30.3 Å². The van der Waals surface area contributed by atoms with E-state index in [9.17, 15) is 4.79 Å². The van der Waals surface area contributed by atoms with Gasteiger partial charge in [0.25, 0.3) is 0 Å². The molecule has 1 aromatic carbocycles. The lowest BCUT2D eigenvalue weighted by Crippen LogP contribution is -2.02. The van der Waals surface area contributed by atoms with Crippen molar-refractivity contribution in [2.75, 3.05) is 0 Å². The van der Waals surface area contributed by atoms with Gasteiger partial charge in [-0.3, -0.25) is 11.7 Å². The van der Waals surface area contributed by atoms with Crippen molar-refractivity contribution in [1.29, 1.82) is 0 Å². The molecule has 0 aliphatic rings. The maximum Gasteiger partial charge on any atom is 0.371 e. The Bertz CT molecular complexity index is 466. The zero-order valence-corrected chi connectivity index (χ0v) is 9.17. The molecule has 0 radical (unpaired) electrons. The van der Waals surface area contributed by atoms with Crippen molar-refractivity contribution in [2.45, 2.75) is 6.42 Å². The molecular formula is C12H14N2O3. The highest BCUT2D eigenvalue weighted by molar-refractivity contribution is 5.84. The van der Waals surface area contributed by atoms with Gasteiger partial charge in [0, 0.05) is 6.42 Å². The van der Waals surface area contributed by atoms with E-state index in [1.165, 1.54) is 6.07 Å². The number of rotatable bonds is 3. The highest BCUT2D eigenvalue weighted by Gasteiger charge is 2.08. The first-order chi connectivity index (χ1) is 8.25. The number of aromatic carboxylic acids is 1. The number of furan rings is 1. The minimum atomic E-state index is -1.03. The molecule has 0 amide bonds. The van der Waals surface area contributed by atoms with E-state index in [1.54, 1.807) is 6.07 Å². The lowest BCUT2D eigenvalue weighted by Gasteiger charge is -1.96. The van der Waals surface area contributed by atoms with Crippen LogP contribution in [0.1, 0.15) is 21.9 Å². The molecule has 0 saturated heterocycles. The monoisotopic (exact) mass is 234 g/mol. The second-order valence-electron chi connectivity index (χ2n) is 3.23. The van der Waals surface area contributed by atoms with E-state index in [0.29, 0.717) is 12.2 Å². The molecular weight excluding hydrogens is 220 g/mol. The fraction of sp³-hybridized carbons (Fsp3) is 0.0833. The normalized spacial score (nSPS) is 9.29. The third-order valence-electron chi connectivity index (χ3n) is 2.09. The molecule has 0 bridgehead atoms. The average Bonchev–Trinajstić information content (AvgIpc) is 2.82. The number of hydrazine groups is 1. The van der Waals surface area contributed by atoms with Crippen molar-refractivity contribution >= 4 is 5.97 Å². The molecule has 5 heteroatoms. The van der Waals surface area contributed by atoms with Crippen LogP contribution in [0.5, 0.6) is 0 Å². The number of carboxylic acids is 1. The summed E-state index contributed by atoms with van der Waals surface area (Å²) in [6.07, 6.45) is 0.619. The quantitative estimate of drug-likeness (QED) is 0.550. The van der Waals surface area contributed by atoms with E-state index in [0.717, 1.165) is 5.56 Å². The first kappa shape index (κ1) is 13.0. The van der Waals surface area contributed by atoms with Crippen LogP contribution in [0.4, 0.5) is 0 Å². The SMILES string of the molecule is NN.O=C(O)c1ccc(Cc2ccccc2)o1. The number of carbonyl (C=O) groups is 1. The molecule has 5 nitrogen and oxygen atoms in total. The Morgan fingerprint density at radius 1 is 1.12 bits per heavy atom.